The molecule has 7 heteroatoms. The third-order valence-corrected chi connectivity index (χ3v) is 14.4. The van der Waals surface area contributed by atoms with Gasteiger partial charge in [-0.25, -0.2) is 0 Å². The molecule has 0 N–H and O–H groups in total. The Kier molecular flexibility index (Phi) is 9.74. The molecule has 61 heavy (non-hydrogen) atoms. The maximum Gasteiger partial charge on any atom is 0.453 e. The van der Waals surface area contributed by atoms with Crippen LogP contribution >= 0.6 is 16.6 Å². The quantitative estimate of drug-likeness (QED) is 0.162. The Hall–Kier alpha value is -5.99. The zero-order chi connectivity index (χ0) is 42.0. The van der Waals surface area contributed by atoms with Gasteiger partial charge in [0.05, 0.1) is 5.66 Å². The lowest BCUT2D eigenvalue weighted by Gasteiger charge is -2.29. The second-order valence-electron chi connectivity index (χ2n) is 17.9. The topological polar surface area (TPSA) is 54.0 Å². The van der Waals surface area contributed by atoms with Crippen LogP contribution in [0.1, 0.15) is 70.8 Å². The average molecular weight is 839 g/mol. The molecule has 0 fully saturated rings. The first kappa shape index (κ1) is 39.2. The molecule has 304 valence electrons. The van der Waals surface area contributed by atoms with E-state index < -0.39 is 16.6 Å². The van der Waals surface area contributed by atoms with Gasteiger partial charge in [0, 0.05) is 27.5 Å². The zero-order valence-corrected chi connectivity index (χ0v) is 37.3. The Morgan fingerprint density at radius 1 is 0.459 bits per heavy atom. The maximum atomic E-state index is 7.53. The van der Waals surface area contributed by atoms with E-state index in [1.807, 2.05) is 42.5 Å². The lowest BCUT2D eigenvalue weighted by molar-refractivity contribution is 0.479. The fourth-order valence-electron chi connectivity index (χ4n) is 8.79. The Labute approximate surface area is 359 Å². The van der Waals surface area contributed by atoms with E-state index in [0.717, 1.165) is 66.1 Å². The predicted molar refractivity (Wildman–Crippen MR) is 255 cm³/mol. The van der Waals surface area contributed by atoms with Crippen molar-refractivity contribution in [3.8, 4) is 39.5 Å². The van der Waals surface area contributed by atoms with Crippen molar-refractivity contribution >= 4 is 60.1 Å². The highest BCUT2D eigenvalue weighted by Crippen LogP contribution is 2.61. The van der Waals surface area contributed by atoms with E-state index in [2.05, 4.69) is 164 Å². The molecule has 0 saturated heterocycles. The van der Waals surface area contributed by atoms with E-state index in [1.54, 1.807) is 0 Å². The van der Waals surface area contributed by atoms with E-state index in [4.69, 9.17) is 22.0 Å². The van der Waals surface area contributed by atoms with Crippen LogP contribution in [-0.2, 0) is 10.8 Å². The van der Waals surface area contributed by atoms with E-state index in [1.165, 1.54) is 16.7 Å². The standard InChI is InChI=1S/C54H48O5P2/c1-34-35-20-8-9-21-36(35)39-24-14-17-29-46(39)55-60(34)56-49-32-44(53(2,3)4)37-22-10-12-27-42(37)51(49)52-43-28-13-11-23-38(43)45(54(5,6)7)33-50(52)59-61-57-47-30-18-15-25-40(47)41-26-16-19-31-48(41)58-61/h8-34H,1-7H3. The number of hydrogen-bond donors (Lipinski definition) is 0. The van der Waals surface area contributed by atoms with Crippen LogP contribution in [0.25, 0.3) is 65.7 Å². The Morgan fingerprint density at radius 3 is 1.43 bits per heavy atom. The minimum absolute atomic E-state index is 0.0527. The molecule has 1 aliphatic heterocycles. The summed E-state index contributed by atoms with van der Waals surface area (Å²) in [5, 5.41) is 6.33. The molecule has 0 spiro atoms. The van der Waals surface area contributed by atoms with Gasteiger partial charge in [-0.15, -0.1) is 0 Å². The molecule has 5 nitrogen and oxygen atoms in total. The number of fused-ring (bicyclic) bond motifs is 8. The molecular formula is C54H48O5P2. The minimum atomic E-state index is -1.98. The molecule has 0 radical (unpaired) electrons. The first-order valence-electron chi connectivity index (χ1n) is 20.9. The van der Waals surface area contributed by atoms with Gasteiger partial charge >= 0.3 is 8.24 Å². The van der Waals surface area contributed by atoms with E-state index in [9.17, 15) is 0 Å². The summed E-state index contributed by atoms with van der Waals surface area (Å²) in [4.78, 5) is 0. The summed E-state index contributed by atoms with van der Waals surface area (Å²) < 4.78 is 35.3. The Balaban J connectivity index is 1.28. The molecule has 0 saturated carbocycles. The normalized spacial score (nSPS) is 15.3. The smallest absolute Gasteiger partial charge is 0.438 e. The van der Waals surface area contributed by atoms with E-state index in [0.29, 0.717) is 16.9 Å². The van der Waals surface area contributed by atoms with Crippen LogP contribution in [0.3, 0.4) is 0 Å². The van der Waals surface area contributed by atoms with Crippen LogP contribution in [0, 0.1) is 0 Å². The van der Waals surface area contributed by atoms with Gasteiger partial charge in [-0.3, -0.25) is 0 Å². The molecule has 0 bridgehead atoms. The van der Waals surface area contributed by atoms with E-state index in [-0.39, 0.29) is 16.5 Å². The van der Waals surface area contributed by atoms with Crippen molar-refractivity contribution in [2.24, 2.45) is 0 Å². The highest BCUT2D eigenvalue weighted by molar-refractivity contribution is 7.48. The molecule has 2 heterocycles. The maximum absolute atomic E-state index is 7.53. The molecule has 1 aromatic heterocycles. The largest absolute Gasteiger partial charge is 0.453 e. The van der Waals surface area contributed by atoms with Gasteiger partial charge in [-0.1, -0.05) is 169 Å². The fourth-order valence-corrected chi connectivity index (χ4v) is 11.3. The van der Waals surface area contributed by atoms with Crippen molar-refractivity contribution in [2.45, 2.75) is 65.0 Å². The van der Waals surface area contributed by atoms with Gasteiger partial charge in [0.25, 0.3) is 8.38 Å². The summed E-state index contributed by atoms with van der Waals surface area (Å²) in [6.07, 6.45) is 0. The van der Waals surface area contributed by atoms with Crippen molar-refractivity contribution in [2.75, 3.05) is 0 Å². The highest BCUT2D eigenvalue weighted by atomic mass is 31.2. The van der Waals surface area contributed by atoms with Crippen LogP contribution in [0.5, 0.6) is 17.2 Å². The highest BCUT2D eigenvalue weighted by Gasteiger charge is 2.35. The SMILES string of the molecule is CC1c2ccccc2-c2ccccc2OP1Oc1cc(C(C)(C)C)c2ccccc2c1-c1c(Op2oc3ccccc3c3ccccc3o2)cc(C(C)(C)C)c2ccccc12. The molecule has 2 unspecified atom stereocenters. The molecule has 2 atom stereocenters. The van der Waals surface area contributed by atoms with Crippen molar-refractivity contribution in [3.05, 3.63) is 174 Å². The van der Waals surface area contributed by atoms with Crippen LogP contribution in [0.4, 0.5) is 0 Å². The molecular weight excluding hydrogens is 791 g/mol. The molecule has 1 aliphatic rings. The predicted octanol–water partition coefficient (Wildman–Crippen LogP) is 17.2. The van der Waals surface area contributed by atoms with Gasteiger partial charge in [0.1, 0.15) is 28.4 Å². The summed E-state index contributed by atoms with van der Waals surface area (Å²) in [7, 11) is -3.54. The van der Waals surface area contributed by atoms with Gasteiger partial charge in [-0.05, 0) is 91.9 Å². The van der Waals surface area contributed by atoms with Crippen molar-refractivity contribution < 1.29 is 22.0 Å². The number of benzene rings is 8. The van der Waals surface area contributed by atoms with Crippen molar-refractivity contribution in [1.82, 2.24) is 0 Å². The molecule has 9 aromatic rings. The lowest BCUT2D eigenvalue weighted by Crippen LogP contribution is -2.14. The number of hydrogen-bond acceptors (Lipinski definition) is 5. The second kappa shape index (κ2) is 15.2. The third kappa shape index (κ3) is 7.04. The summed E-state index contributed by atoms with van der Waals surface area (Å²) in [6, 6.07) is 54.8. The lowest BCUT2D eigenvalue weighted by atomic mass is 9.79. The minimum Gasteiger partial charge on any atom is -0.438 e. The first-order valence-corrected chi connectivity index (χ1v) is 23.3. The van der Waals surface area contributed by atoms with Crippen molar-refractivity contribution in [1.29, 1.82) is 0 Å². The third-order valence-electron chi connectivity index (χ3n) is 11.7. The van der Waals surface area contributed by atoms with Gasteiger partial charge in [-0.2, -0.15) is 0 Å². The number of rotatable bonds is 5. The Morgan fingerprint density at radius 2 is 0.885 bits per heavy atom. The number of para-hydroxylation sites is 3. The van der Waals surface area contributed by atoms with Gasteiger partial charge < -0.3 is 22.0 Å². The van der Waals surface area contributed by atoms with Crippen LogP contribution in [0.2, 0.25) is 0 Å². The average Bonchev–Trinajstić information content (AvgIpc) is 3.48. The summed E-state index contributed by atoms with van der Waals surface area (Å²) in [6.45, 7) is 15.8. The molecule has 0 amide bonds. The fraction of sp³-hybridized carbons (Fsp3) is 0.185. The van der Waals surface area contributed by atoms with Crippen LogP contribution < -0.4 is 13.6 Å². The molecule has 10 rings (SSSR count). The summed E-state index contributed by atoms with van der Waals surface area (Å²) in [5.74, 6) is 2.21. The molecule has 0 aliphatic carbocycles. The Bertz CT molecular complexity index is 3130. The van der Waals surface area contributed by atoms with Crippen molar-refractivity contribution in [3.63, 3.8) is 0 Å². The monoisotopic (exact) mass is 838 g/mol. The van der Waals surface area contributed by atoms with E-state index >= 15 is 0 Å². The van der Waals surface area contributed by atoms with Gasteiger partial charge in [0.15, 0.2) is 0 Å². The molecule has 8 aromatic carbocycles. The first-order chi connectivity index (χ1) is 29.4. The summed E-state index contributed by atoms with van der Waals surface area (Å²) in [5.41, 5.74) is 8.57. The zero-order valence-electron chi connectivity index (χ0n) is 35.5. The van der Waals surface area contributed by atoms with Crippen LogP contribution in [-0.4, -0.2) is 0 Å². The summed E-state index contributed by atoms with van der Waals surface area (Å²) >= 11 is 0. The van der Waals surface area contributed by atoms with Crippen LogP contribution in [0.15, 0.2) is 166 Å². The second-order valence-corrected chi connectivity index (χ2v) is 20.6. The van der Waals surface area contributed by atoms with Gasteiger partial charge in [0.2, 0.25) is 0 Å².